The molecule has 0 spiro atoms. The molecule has 0 aromatic rings. The average Bonchev–Trinajstić information content (AvgIpc) is 2.16. The third kappa shape index (κ3) is 4.36. The van der Waals surface area contributed by atoms with Crippen molar-refractivity contribution >= 4 is 6.41 Å². The lowest BCUT2D eigenvalue weighted by atomic mass is 9.92. The van der Waals surface area contributed by atoms with Gasteiger partial charge in [0.25, 0.3) is 0 Å². The van der Waals surface area contributed by atoms with Gasteiger partial charge in [0.05, 0.1) is 0 Å². The van der Waals surface area contributed by atoms with Crippen LogP contribution in [0.4, 0.5) is 0 Å². The van der Waals surface area contributed by atoms with Gasteiger partial charge in [0, 0.05) is 0 Å². The second-order valence-corrected chi connectivity index (χ2v) is 3.51. The summed E-state index contributed by atoms with van der Waals surface area (Å²) in [5, 5.41) is 0. The Bertz CT molecular complexity index is 91.4. The minimum absolute atomic E-state index is 0.250. The van der Waals surface area contributed by atoms with Crippen molar-refractivity contribution in [2.45, 2.75) is 39.5 Å². The molecule has 2 nitrogen and oxygen atoms in total. The molecule has 0 heterocycles. The number of hydrogen-bond acceptors (Lipinski definition) is 1. The van der Waals surface area contributed by atoms with Crippen LogP contribution in [0.25, 0.3) is 0 Å². The number of rotatable bonds is 0. The van der Waals surface area contributed by atoms with Gasteiger partial charge in [-0.3, -0.25) is 4.79 Å². The molecule has 0 bridgehead atoms. The van der Waals surface area contributed by atoms with E-state index < -0.39 is 0 Å². The Hall–Kier alpha value is -0.530. The monoisotopic (exact) mass is 143 g/mol. The molecule has 0 aromatic heterocycles. The van der Waals surface area contributed by atoms with Gasteiger partial charge in [-0.05, 0) is 18.3 Å². The second-order valence-electron chi connectivity index (χ2n) is 3.51. The van der Waals surface area contributed by atoms with Crippen LogP contribution < -0.4 is 5.73 Å². The van der Waals surface area contributed by atoms with E-state index >= 15 is 0 Å². The van der Waals surface area contributed by atoms with E-state index in [1.807, 2.05) is 0 Å². The molecule has 2 heteroatoms. The number of primary amides is 1. The third-order valence-electron chi connectivity index (χ3n) is 1.96. The maximum Gasteiger partial charge on any atom is 0.204 e. The number of carbonyl (C=O) groups excluding carboxylic acids is 1. The third-order valence-corrected chi connectivity index (χ3v) is 1.96. The molecular formula is C8H17NO. The summed E-state index contributed by atoms with van der Waals surface area (Å²) < 4.78 is 0. The van der Waals surface area contributed by atoms with Gasteiger partial charge in [0.15, 0.2) is 0 Å². The largest absolute Gasteiger partial charge is 0.372 e. The predicted octanol–water partition coefficient (Wildman–Crippen LogP) is 1.69. The van der Waals surface area contributed by atoms with Gasteiger partial charge in [-0.15, -0.1) is 0 Å². The molecule has 1 aliphatic rings. The van der Waals surface area contributed by atoms with Gasteiger partial charge in [0.1, 0.15) is 0 Å². The molecule has 0 aromatic carbocycles. The number of hydrogen-bond donors (Lipinski definition) is 1. The van der Waals surface area contributed by atoms with E-state index in [2.05, 4.69) is 19.6 Å². The van der Waals surface area contributed by atoms with Crippen LogP contribution in [0.15, 0.2) is 0 Å². The molecule has 1 amide bonds. The minimum atomic E-state index is 0.250. The summed E-state index contributed by atoms with van der Waals surface area (Å²) in [6.45, 7) is 4.72. The van der Waals surface area contributed by atoms with Crippen molar-refractivity contribution in [1.82, 2.24) is 0 Å². The Morgan fingerprint density at radius 1 is 1.30 bits per heavy atom. The highest BCUT2D eigenvalue weighted by atomic mass is 16.1. The van der Waals surface area contributed by atoms with Crippen molar-refractivity contribution in [2.24, 2.45) is 11.1 Å². The van der Waals surface area contributed by atoms with Crippen LogP contribution in [0.1, 0.15) is 39.5 Å². The maximum absolute atomic E-state index is 8.58. The highest BCUT2D eigenvalue weighted by Gasteiger charge is 2.21. The van der Waals surface area contributed by atoms with E-state index in [0.29, 0.717) is 5.41 Å². The summed E-state index contributed by atoms with van der Waals surface area (Å²) in [4.78, 5) is 8.58. The zero-order chi connectivity index (χ0) is 8.04. The molecule has 2 N–H and O–H groups in total. The van der Waals surface area contributed by atoms with Gasteiger partial charge in [0.2, 0.25) is 6.41 Å². The first kappa shape index (κ1) is 9.47. The summed E-state index contributed by atoms with van der Waals surface area (Å²) >= 11 is 0. The van der Waals surface area contributed by atoms with Gasteiger partial charge in [-0.25, -0.2) is 0 Å². The second kappa shape index (κ2) is 4.31. The Kier molecular flexibility index (Phi) is 4.08. The van der Waals surface area contributed by atoms with Crippen LogP contribution in [0.5, 0.6) is 0 Å². The normalized spacial score (nSPS) is 21.0. The standard InChI is InChI=1S/C7H14.CH3NO/c1-7(2)5-3-4-6-7;2-1-3/h3-6H2,1-2H3;1H,(H2,2,3). The minimum Gasteiger partial charge on any atom is -0.372 e. The van der Waals surface area contributed by atoms with Gasteiger partial charge in [-0.2, -0.15) is 0 Å². The zero-order valence-corrected chi connectivity index (χ0v) is 6.89. The van der Waals surface area contributed by atoms with Gasteiger partial charge >= 0.3 is 0 Å². The summed E-state index contributed by atoms with van der Waals surface area (Å²) in [7, 11) is 0. The molecule has 60 valence electrons. The van der Waals surface area contributed by atoms with Crippen LogP contribution >= 0.6 is 0 Å². The fourth-order valence-electron chi connectivity index (χ4n) is 1.33. The van der Waals surface area contributed by atoms with E-state index in [-0.39, 0.29) is 6.41 Å². The quantitative estimate of drug-likeness (QED) is 0.515. The molecule has 10 heavy (non-hydrogen) atoms. The molecule has 1 fully saturated rings. The zero-order valence-electron chi connectivity index (χ0n) is 6.89. The molecule has 0 aliphatic heterocycles. The van der Waals surface area contributed by atoms with Crippen LogP contribution in [0.3, 0.4) is 0 Å². The fraction of sp³-hybridized carbons (Fsp3) is 0.875. The first-order valence-corrected chi connectivity index (χ1v) is 3.78. The first-order valence-electron chi connectivity index (χ1n) is 3.78. The highest BCUT2D eigenvalue weighted by molar-refractivity contribution is 5.42. The van der Waals surface area contributed by atoms with Crippen molar-refractivity contribution in [2.75, 3.05) is 0 Å². The van der Waals surface area contributed by atoms with E-state index in [1.54, 1.807) is 0 Å². The van der Waals surface area contributed by atoms with Crippen LogP contribution in [-0.4, -0.2) is 6.41 Å². The number of carbonyl (C=O) groups is 1. The smallest absolute Gasteiger partial charge is 0.204 e. The molecular weight excluding hydrogens is 126 g/mol. The van der Waals surface area contributed by atoms with Crippen molar-refractivity contribution in [1.29, 1.82) is 0 Å². The Balaban J connectivity index is 0.000000236. The molecule has 0 unspecified atom stereocenters. The van der Waals surface area contributed by atoms with Gasteiger partial charge in [-0.1, -0.05) is 26.7 Å². The molecule has 0 atom stereocenters. The SMILES string of the molecule is CC1(C)CCCC1.NC=O. The summed E-state index contributed by atoms with van der Waals surface area (Å²) in [6, 6.07) is 0. The predicted molar refractivity (Wildman–Crippen MR) is 42.5 cm³/mol. The summed E-state index contributed by atoms with van der Waals surface area (Å²) in [5.41, 5.74) is 4.86. The Morgan fingerprint density at radius 2 is 1.60 bits per heavy atom. The molecule has 1 rings (SSSR count). The lowest BCUT2D eigenvalue weighted by Crippen LogP contribution is -2.01. The fourth-order valence-corrected chi connectivity index (χ4v) is 1.33. The Labute approximate surface area is 62.8 Å². The topological polar surface area (TPSA) is 43.1 Å². The van der Waals surface area contributed by atoms with Crippen molar-refractivity contribution in [3.05, 3.63) is 0 Å². The maximum atomic E-state index is 8.58. The van der Waals surface area contributed by atoms with Crippen molar-refractivity contribution in [3.63, 3.8) is 0 Å². The van der Waals surface area contributed by atoms with Crippen LogP contribution in [0, 0.1) is 5.41 Å². The molecule has 1 saturated carbocycles. The summed E-state index contributed by atoms with van der Waals surface area (Å²) in [6.07, 6.45) is 6.08. The van der Waals surface area contributed by atoms with Crippen LogP contribution in [0.2, 0.25) is 0 Å². The first-order chi connectivity index (χ1) is 4.62. The van der Waals surface area contributed by atoms with Crippen LogP contribution in [-0.2, 0) is 4.79 Å². The molecule has 0 saturated heterocycles. The number of amides is 1. The number of nitrogens with two attached hydrogens (primary N) is 1. The Morgan fingerprint density at radius 3 is 1.70 bits per heavy atom. The lowest BCUT2D eigenvalue weighted by molar-refractivity contribution is -0.106. The van der Waals surface area contributed by atoms with E-state index in [4.69, 9.17) is 4.79 Å². The average molecular weight is 143 g/mol. The van der Waals surface area contributed by atoms with Gasteiger partial charge < -0.3 is 5.73 Å². The summed E-state index contributed by atoms with van der Waals surface area (Å²) in [5.74, 6) is 0. The molecule has 0 radical (unpaired) electrons. The van der Waals surface area contributed by atoms with E-state index in [9.17, 15) is 0 Å². The highest BCUT2D eigenvalue weighted by Crippen LogP contribution is 2.36. The van der Waals surface area contributed by atoms with Crippen molar-refractivity contribution in [3.8, 4) is 0 Å². The van der Waals surface area contributed by atoms with E-state index in [1.165, 1.54) is 25.7 Å². The molecule has 1 aliphatic carbocycles. The lowest BCUT2D eigenvalue weighted by Gasteiger charge is -2.13. The van der Waals surface area contributed by atoms with Crippen molar-refractivity contribution < 1.29 is 4.79 Å². The van der Waals surface area contributed by atoms with E-state index in [0.717, 1.165) is 0 Å².